The number of hydrogen-bond donors (Lipinski definition) is 0. The number of para-hydroxylation sites is 1. The fourth-order valence-electron chi connectivity index (χ4n) is 4.01. The van der Waals surface area contributed by atoms with Crippen molar-refractivity contribution in [3.8, 4) is 0 Å². The third-order valence-electron chi connectivity index (χ3n) is 5.31. The minimum absolute atomic E-state index is 0.107. The van der Waals surface area contributed by atoms with Gasteiger partial charge in [0.15, 0.2) is 23.3 Å². The van der Waals surface area contributed by atoms with Crippen LogP contribution in [-0.4, -0.2) is 23.7 Å². The van der Waals surface area contributed by atoms with E-state index in [0.717, 1.165) is 16.5 Å². The molecule has 0 radical (unpaired) electrons. The lowest BCUT2D eigenvalue weighted by atomic mass is 9.98. The number of carbonyl (C=O) groups excluding carboxylic acids is 1. The number of fused-ring (bicyclic) bond motifs is 1. The summed E-state index contributed by atoms with van der Waals surface area (Å²) >= 11 is 0. The van der Waals surface area contributed by atoms with Crippen LogP contribution in [-0.2, 0) is 7.05 Å². The molecule has 1 unspecified atom stereocenters. The molecule has 0 bridgehead atoms. The van der Waals surface area contributed by atoms with Gasteiger partial charge in [0.25, 0.3) is 0 Å². The zero-order valence-electron chi connectivity index (χ0n) is 14.8. The summed E-state index contributed by atoms with van der Waals surface area (Å²) in [5.41, 5.74) is -0.334. The van der Waals surface area contributed by atoms with Crippen molar-refractivity contribution >= 4 is 22.6 Å². The fraction of sp³-hybridized carbons (Fsp3) is 0.250. The van der Waals surface area contributed by atoms with E-state index in [4.69, 9.17) is 0 Å². The molecule has 0 N–H and O–H groups in total. The zero-order chi connectivity index (χ0) is 20.2. The molecule has 3 aromatic rings. The van der Waals surface area contributed by atoms with Crippen LogP contribution in [0, 0.1) is 23.3 Å². The summed E-state index contributed by atoms with van der Waals surface area (Å²) in [6, 6.07) is 5.30. The van der Waals surface area contributed by atoms with Crippen molar-refractivity contribution in [3.05, 3.63) is 64.9 Å². The van der Waals surface area contributed by atoms with E-state index in [2.05, 4.69) is 0 Å². The standard InChI is InChI=1S/C20H15F5N2O/c1-26-9-12(11-4-2-3-5-13(11)26)10-6-7-27(8-10)19-14(20(25)28)15(21)16(22)17(23)18(19)24/h2-5,9-10H,6-8H2,1H3. The van der Waals surface area contributed by atoms with E-state index in [1.165, 1.54) is 4.90 Å². The zero-order valence-corrected chi connectivity index (χ0v) is 14.8. The molecule has 1 aromatic heterocycles. The van der Waals surface area contributed by atoms with Crippen LogP contribution >= 0.6 is 0 Å². The molecule has 1 aliphatic rings. The molecule has 0 spiro atoms. The maximum absolute atomic E-state index is 14.4. The minimum atomic E-state index is -2.35. The summed E-state index contributed by atoms with van der Waals surface area (Å²) < 4.78 is 70.8. The second-order valence-electron chi connectivity index (χ2n) is 6.90. The molecule has 1 fully saturated rings. The predicted molar refractivity (Wildman–Crippen MR) is 94.2 cm³/mol. The number of hydrogen-bond acceptors (Lipinski definition) is 2. The molecular formula is C20H15F5N2O. The molecule has 8 heteroatoms. The van der Waals surface area contributed by atoms with Crippen molar-refractivity contribution in [3.63, 3.8) is 0 Å². The van der Waals surface area contributed by atoms with Crippen molar-refractivity contribution in [2.24, 2.45) is 7.05 Å². The van der Waals surface area contributed by atoms with Gasteiger partial charge in [-0.25, -0.2) is 17.6 Å². The Morgan fingerprint density at radius 3 is 2.43 bits per heavy atom. The SMILES string of the molecule is Cn1cc(C2CCN(c3c(F)c(F)c(F)c(F)c3C(=O)F)C2)c2ccccc21. The van der Waals surface area contributed by atoms with Gasteiger partial charge in [-0.2, -0.15) is 4.39 Å². The second kappa shape index (κ2) is 6.61. The third-order valence-corrected chi connectivity index (χ3v) is 5.31. The van der Waals surface area contributed by atoms with E-state index >= 15 is 0 Å². The van der Waals surface area contributed by atoms with Crippen LogP contribution in [0.15, 0.2) is 30.5 Å². The normalized spacial score (nSPS) is 16.9. The van der Waals surface area contributed by atoms with Gasteiger partial charge in [-0.1, -0.05) is 18.2 Å². The third kappa shape index (κ3) is 2.66. The van der Waals surface area contributed by atoms with Gasteiger partial charge < -0.3 is 9.47 Å². The summed E-state index contributed by atoms with van der Waals surface area (Å²) in [7, 11) is 1.88. The Balaban J connectivity index is 1.77. The molecule has 1 atom stereocenters. The largest absolute Gasteiger partial charge is 0.368 e. The lowest BCUT2D eigenvalue weighted by Crippen LogP contribution is -2.25. The lowest BCUT2D eigenvalue weighted by Gasteiger charge is -2.22. The van der Waals surface area contributed by atoms with Crippen molar-refractivity contribution in [2.45, 2.75) is 12.3 Å². The van der Waals surface area contributed by atoms with E-state index in [9.17, 15) is 26.7 Å². The van der Waals surface area contributed by atoms with Gasteiger partial charge in [-0.3, -0.25) is 4.79 Å². The molecule has 1 aliphatic heterocycles. The monoisotopic (exact) mass is 394 g/mol. The van der Waals surface area contributed by atoms with Crippen LogP contribution in [0.5, 0.6) is 0 Å². The van der Waals surface area contributed by atoms with Crippen molar-refractivity contribution in [1.29, 1.82) is 0 Å². The van der Waals surface area contributed by atoms with Crippen LogP contribution in [0.3, 0.4) is 0 Å². The van der Waals surface area contributed by atoms with E-state index in [0.29, 0.717) is 6.42 Å². The van der Waals surface area contributed by atoms with Gasteiger partial charge in [0.1, 0.15) is 5.56 Å². The Bertz CT molecular complexity index is 1110. The Morgan fingerprint density at radius 2 is 1.71 bits per heavy atom. The molecule has 2 aromatic carbocycles. The molecule has 2 heterocycles. The van der Waals surface area contributed by atoms with E-state index < -0.39 is 40.6 Å². The number of anilines is 1. The molecular weight excluding hydrogens is 379 g/mol. The highest BCUT2D eigenvalue weighted by Gasteiger charge is 2.36. The molecule has 0 aliphatic carbocycles. The number of halogens is 5. The average molecular weight is 394 g/mol. The first-order valence-electron chi connectivity index (χ1n) is 8.66. The van der Waals surface area contributed by atoms with Gasteiger partial charge in [0.2, 0.25) is 0 Å². The molecule has 0 amide bonds. The quantitative estimate of drug-likeness (QED) is 0.275. The first-order chi connectivity index (χ1) is 13.3. The maximum Gasteiger partial charge on any atom is 0.337 e. The predicted octanol–water partition coefficient (Wildman–Crippen LogP) is 4.84. The van der Waals surface area contributed by atoms with Crippen molar-refractivity contribution in [2.75, 3.05) is 18.0 Å². The summed E-state index contributed by atoms with van der Waals surface area (Å²) in [5.74, 6) is -8.18. The smallest absolute Gasteiger partial charge is 0.337 e. The van der Waals surface area contributed by atoms with Crippen LogP contribution in [0.25, 0.3) is 10.9 Å². The highest BCUT2D eigenvalue weighted by molar-refractivity contribution is 5.96. The maximum atomic E-state index is 14.4. The van der Waals surface area contributed by atoms with Crippen molar-refractivity contribution < 1.29 is 26.7 Å². The number of aryl methyl sites for hydroxylation is 1. The average Bonchev–Trinajstić information content (AvgIpc) is 3.27. The van der Waals surface area contributed by atoms with E-state index in [-0.39, 0.29) is 19.0 Å². The number of carbonyl (C=O) groups is 1. The van der Waals surface area contributed by atoms with Gasteiger partial charge in [-0.05, 0) is 18.1 Å². The summed E-state index contributed by atoms with van der Waals surface area (Å²) in [4.78, 5) is 12.4. The molecule has 0 saturated carbocycles. The minimum Gasteiger partial charge on any atom is -0.368 e. The van der Waals surface area contributed by atoms with Gasteiger partial charge in [0, 0.05) is 43.2 Å². The Hall–Kier alpha value is -2.90. The van der Waals surface area contributed by atoms with Gasteiger partial charge >= 0.3 is 6.04 Å². The molecule has 146 valence electrons. The first kappa shape index (κ1) is 18.5. The van der Waals surface area contributed by atoms with E-state index in [1.54, 1.807) is 0 Å². The number of rotatable bonds is 3. The second-order valence-corrected chi connectivity index (χ2v) is 6.90. The molecule has 28 heavy (non-hydrogen) atoms. The van der Waals surface area contributed by atoms with Crippen LogP contribution in [0.1, 0.15) is 28.3 Å². The summed E-state index contributed by atoms with van der Waals surface area (Å²) in [6.45, 7) is 0.241. The fourth-order valence-corrected chi connectivity index (χ4v) is 4.01. The van der Waals surface area contributed by atoms with Crippen LogP contribution < -0.4 is 4.90 Å². The molecule has 1 saturated heterocycles. The molecule has 3 nitrogen and oxygen atoms in total. The molecule has 4 rings (SSSR count). The topological polar surface area (TPSA) is 25.2 Å². The number of benzene rings is 2. The first-order valence-corrected chi connectivity index (χ1v) is 8.66. The summed E-state index contributed by atoms with van der Waals surface area (Å²) in [5, 5.41) is 0.982. The highest BCUT2D eigenvalue weighted by Crippen LogP contribution is 2.39. The van der Waals surface area contributed by atoms with Crippen molar-refractivity contribution in [1.82, 2.24) is 4.57 Å². The lowest BCUT2D eigenvalue weighted by molar-refractivity contribution is 0.0830. The highest BCUT2D eigenvalue weighted by atomic mass is 19.2. The number of aromatic nitrogens is 1. The summed E-state index contributed by atoms with van der Waals surface area (Å²) in [6.07, 6.45) is 2.41. The van der Waals surface area contributed by atoms with Crippen LogP contribution in [0.2, 0.25) is 0 Å². The van der Waals surface area contributed by atoms with Gasteiger partial charge in [0.05, 0.1) is 5.69 Å². The Morgan fingerprint density at radius 1 is 1.04 bits per heavy atom. The Labute approximate surface area is 157 Å². The van der Waals surface area contributed by atoms with Gasteiger partial charge in [-0.15, -0.1) is 0 Å². The number of nitrogens with zero attached hydrogens (tertiary/aromatic N) is 2. The van der Waals surface area contributed by atoms with E-state index in [1.807, 2.05) is 42.1 Å². The van der Waals surface area contributed by atoms with Crippen LogP contribution in [0.4, 0.5) is 27.6 Å². The Kier molecular flexibility index (Phi) is 4.36.